The summed E-state index contributed by atoms with van der Waals surface area (Å²) in [5.41, 5.74) is 1.12. The summed E-state index contributed by atoms with van der Waals surface area (Å²) in [6.45, 7) is 3.86. The second-order valence-electron chi connectivity index (χ2n) is 6.56. The summed E-state index contributed by atoms with van der Waals surface area (Å²) >= 11 is 0. The number of carbonyl (C=O) groups excluding carboxylic acids is 1. The van der Waals surface area contributed by atoms with E-state index in [0.717, 1.165) is 29.9 Å². The smallest absolute Gasteiger partial charge is 0.237 e. The highest BCUT2D eigenvalue weighted by Gasteiger charge is 2.23. The number of fused-ring (bicyclic) bond motifs is 1. The van der Waals surface area contributed by atoms with Crippen molar-refractivity contribution in [2.45, 2.75) is 51.2 Å². The Balaban J connectivity index is 1.57. The van der Waals surface area contributed by atoms with Crippen molar-refractivity contribution in [1.29, 1.82) is 0 Å². The Bertz CT molecular complexity index is 555. The standard InChI is InChI=1S/C18H26N2O3/c1-13(18(21)19-15-5-3-4-6-15)20(2)12-14-7-8-16-17(11-14)23-10-9-22-16/h7-8,11,13,15H,3-6,9-10,12H2,1-2H3,(H,19,21)/t13-/m1/s1. The predicted octanol–water partition coefficient (Wildman–Crippen LogP) is 2.34. The van der Waals surface area contributed by atoms with Gasteiger partial charge in [0, 0.05) is 12.6 Å². The first-order chi connectivity index (χ1) is 11.1. The van der Waals surface area contributed by atoms with Gasteiger partial charge in [0.15, 0.2) is 11.5 Å². The van der Waals surface area contributed by atoms with E-state index in [2.05, 4.69) is 10.2 Å². The molecule has 1 aliphatic heterocycles. The van der Waals surface area contributed by atoms with E-state index in [0.29, 0.717) is 25.8 Å². The van der Waals surface area contributed by atoms with Crippen molar-refractivity contribution >= 4 is 5.91 Å². The molecule has 1 amide bonds. The van der Waals surface area contributed by atoms with Crippen LogP contribution < -0.4 is 14.8 Å². The Morgan fingerprint density at radius 3 is 2.70 bits per heavy atom. The maximum absolute atomic E-state index is 12.4. The van der Waals surface area contributed by atoms with Crippen LogP contribution in [0.25, 0.3) is 0 Å². The molecule has 3 rings (SSSR count). The third-order valence-corrected chi connectivity index (χ3v) is 4.78. The van der Waals surface area contributed by atoms with E-state index in [1.54, 1.807) is 0 Å². The minimum absolute atomic E-state index is 0.122. The van der Waals surface area contributed by atoms with Crippen LogP contribution in [0.4, 0.5) is 0 Å². The average Bonchev–Trinajstić information content (AvgIpc) is 3.07. The molecule has 126 valence electrons. The molecule has 1 heterocycles. The normalized spacial score (nSPS) is 18.9. The van der Waals surface area contributed by atoms with Crippen molar-refractivity contribution in [3.63, 3.8) is 0 Å². The fraction of sp³-hybridized carbons (Fsp3) is 0.611. The topological polar surface area (TPSA) is 50.8 Å². The van der Waals surface area contributed by atoms with Crippen molar-refractivity contribution in [3.8, 4) is 11.5 Å². The summed E-state index contributed by atoms with van der Waals surface area (Å²) in [6, 6.07) is 6.20. The zero-order valence-electron chi connectivity index (χ0n) is 14.0. The van der Waals surface area contributed by atoms with Crippen LogP contribution in [0.1, 0.15) is 38.2 Å². The molecule has 5 nitrogen and oxygen atoms in total. The highest BCUT2D eigenvalue weighted by atomic mass is 16.6. The van der Waals surface area contributed by atoms with Crippen molar-refractivity contribution in [2.24, 2.45) is 0 Å². The molecule has 23 heavy (non-hydrogen) atoms. The minimum atomic E-state index is -0.149. The van der Waals surface area contributed by atoms with Crippen molar-refractivity contribution in [2.75, 3.05) is 20.3 Å². The lowest BCUT2D eigenvalue weighted by Gasteiger charge is -2.26. The van der Waals surface area contributed by atoms with Gasteiger partial charge in [-0.25, -0.2) is 0 Å². The summed E-state index contributed by atoms with van der Waals surface area (Å²) in [4.78, 5) is 14.4. The molecule has 0 unspecified atom stereocenters. The summed E-state index contributed by atoms with van der Waals surface area (Å²) in [6.07, 6.45) is 4.69. The molecule has 1 aliphatic carbocycles. The molecule has 1 N–H and O–H groups in total. The summed E-state index contributed by atoms with van der Waals surface area (Å²) in [7, 11) is 1.98. The SMILES string of the molecule is C[C@H](C(=O)NC1CCCC1)N(C)Cc1ccc2c(c1)OCCO2. The van der Waals surface area contributed by atoms with Gasteiger partial charge in [0.2, 0.25) is 5.91 Å². The third-order valence-electron chi connectivity index (χ3n) is 4.78. The summed E-state index contributed by atoms with van der Waals surface area (Å²) < 4.78 is 11.2. The molecule has 0 bridgehead atoms. The Kier molecular flexibility index (Phi) is 5.06. The molecule has 0 radical (unpaired) electrons. The number of benzene rings is 1. The van der Waals surface area contributed by atoms with Gasteiger partial charge in [0.05, 0.1) is 6.04 Å². The number of nitrogens with zero attached hydrogens (tertiary/aromatic N) is 1. The molecule has 1 saturated carbocycles. The van der Waals surface area contributed by atoms with Gasteiger partial charge in [0.25, 0.3) is 0 Å². The van der Waals surface area contributed by atoms with Crippen molar-refractivity contribution < 1.29 is 14.3 Å². The van der Waals surface area contributed by atoms with Crippen LogP contribution in [0.3, 0.4) is 0 Å². The van der Waals surface area contributed by atoms with E-state index in [9.17, 15) is 4.79 Å². The monoisotopic (exact) mass is 318 g/mol. The van der Waals surface area contributed by atoms with E-state index in [-0.39, 0.29) is 11.9 Å². The molecule has 1 aromatic carbocycles. The Morgan fingerprint density at radius 1 is 1.26 bits per heavy atom. The van der Waals surface area contributed by atoms with Gasteiger partial charge in [-0.05, 0) is 44.5 Å². The maximum Gasteiger partial charge on any atom is 0.237 e. The Hall–Kier alpha value is -1.75. The molecule has 1 fully saturated rings. The molecule has 0 saturated heterocycles. The molecule has 1 aromatic rings. The van der Waals surface area contributed by atoms with Gasteiger partial charge < -0.3 is 14.8 Å². The highest BCUT2D eigenvalue weighted by Crippen LogP contribution is 2.31. The molecule has 0 spiro atoms. The second-order valence-corrected chi connectivity index (χ2v) is 6.56. The van der Waals surface area contributed by atoms with Crippen LogP contribution in [-0.2, 0) is 11.3 Å². The highest BCUT2D eigenvalue weighted by molar-refractivity contribution is 5.81. The fourth-order valence-corrected chi connectivity index (χ4v) is 3.20. The number of ether oxygens (including phenoxy) is 2. The maximum atomic E-state index is 12.4. The minimum Gasteiger partial charge on any atom is -0.486 e. The second kappa shape index (κ2) is 7.21. The molecule has 0 aromatic heterocycles. The van der Waals surface area contributed by atoms with Crippen LogP contribution >= 0.6 is 0 Å². The van der Waals surface area contributed by atoms with Crippen LogP contribution in [0.5, 0.6) is 11.5 Å². The summed E-state index contributed by atoms with van der Waals surface area (Å²) in [5.74, 6) is 1.72. The summed E-state index contributed by atoms with van der Waals surface area (Å²) in [5, 5.41) is 3.17. The first kappa shape index (κ1) is 16.1. The van der Waals surface area contributed by atoms with Gasteiger partial charge in [-0.3, -0.25) is 9.69 Å². The first-order valence-electron chi connectivity index (χ1n) is 8.52. The first-order valence-corrected chi connectivity index (χ1v) is 8.52. The van der Waals surface area contributed by atoms with Crippen LogP contribution in [0, 0.1) is 0 Å². The zero-order chi connectivity index (χ0) is 16.2. The lowest BCUT2D eigenvalue weighted by Crippen LogP contribution is -2.46. The number of hydrogen-bond acceptors (Lipinski definition) is 4. The van der Waals surface area contributed by atoms with Gasteiger partial charge in [0.1, 0.15) is 13.2 Å². The molecule has 2 aliphatic rings. The largest absolute Gasteiger partial charge is 0.486 e. The molecule has 5 heteroatoms. The van der Waals surface area contributed by atoms with Crippen LogP contribution in [0.15, 0.2) is 18.2 Å². The average molecular weight is 318 g/mol. The quantitative estimate of drug-likeness (QED) is 0.905. The number of rotatable bonds is 5. The van der Waals surface area contributed by atoms with E-state index in [1.807, 2.05) is 32.2 Å². The van der Waals surface area contributed by atoms with E-state index < -0.39 is 0 Å². The number of amides is 1. The molecule has 1 atom stereocenters. The predicted molar refractivity (Wildman–Crippen MR) is 88.8 cm³/mol. The number of nitrogens with one attached hydrogen (secondary N) is 1. The van der Waals surface area contributed by atoms with Gasteiger partial charge in [-0.15, -0.1) is 0 Å². The molecular weight excluding hydrogens is 292 g/mol. The fourth-order valence-electron chi connectivity index (χ4n) is 3.20. The third kappa shape index (κ3) is 3.96. The van der Waals surface area contributed by atoms with Crippen LogP contribution in [0.2, 0.25) is 0 Å². The van der Waals surface area contributed by atoms with E-state index in [4.69, 9.17) is 9.47 Å². The number of likely N-dealkylation sites (N-methyl/N-ethyl adjacent to an activating group) is 1. The Morgan fingerprint density at radius 2 is 1.96 bits per heavy atom. The lowest BCUT2D eigenvalue weighted by molar-refractivity contribution is -0.126. The molecular formula is C18H26N2O3. The zero-order valence-corrected chi connectivity index (χ0v) is 14.0. The van der Waals surface area contributed by atoms with Gasteiger partial charge >= 0.3 is 0 Å². The van der Waals surface area contributed by atoms with E-state index in [1.165, 1.54) is 12.8 Å². The van der Waals surface area contributed by atoms with Gasteiger partial charge in [-0.1, -0.05) is 18.9 Å². The van der Waals surface area contributed by atoms with Crippen molar-refractivity contribution in [1.82, 2.24) is 10.2 Å². The van der Waals surface area contributed by atoms with E-state index >= 15 is 0 Å². The number of hydrogen-bond donors (Lipinski definition) is 1. The number of carbonyl (C=O) groups is 1. The van der Waals surface area contributed by atoms with Gasteiger partial charge in [-0.2, -0.15) is 0 Å². The lowest BCUT2D eigenvalue weighted by atomic mass is 10.1. The van der Waals surface area contributed by atoms with Crippen LogP contribution in [-0.4, -0.2) is 43.2 Å². The van der Waals surface area contributed by atoms with Crippen molar-refractivity contribution in [3.05, 3.63) is 23.8 Å². The Labute approximate surface area is 137 Å².